The predicted molar refractivity (Wildman–Crippen MR) is 82.1 cm³/mol. The molecular weight excluding hydrogens is 236 g/mol. The van der Waals surface area contributed by atoms with Gasteiger partial charge in [0.05, 0.1) is 5.60 Å². The maximum atomic E-state index is 10.9. The highest BCUT2D eigenvalue weighted by Crippen LogP contribution is 2.20. The maximum absolute atomic E-state index is 10.9. The molecule has 0 rings (SSSR count). The van der Waals surface area contributed by atoms with Crippen LogP contribution in [0.4, 0.5) is 0 Å². The van der Waals surface area contributed by atoms with Crippen molar-refractivity contribution < 1.29 is 9.90 Å². The van der Waals surface area contributed by atoms with Crippen molar-refractivity contribution in [1.82, 2.24) is 0 Å². The molecule has 0 bridgehead atoms. The fourth-order valence-corrected chi connectivity index (χ4v) is 1.98. The van der Waals surface area contributed by atoms with Crippen molar-refractivity contribution in [3.63, 3.8) is 0 Å². The van der Waals surface area contributed by atoms with E-state index < -0.39 is 5.60 Å². The third kappa shape index (κ3) is 10.7. The summed E-state index contributed by atoms with van der Waals surface area (Å²) in [7, 11) is 0. The summed E-state index contributed by atoms with van der Waals surface area (Å²) in [6.45, 7) is 9.68. The summed E-state index contributed by atoms with van der Waals surface area (Å²) in [5.74, 6) is 0.714. The molecule has 0 aromatic heterocycles. The fourth-order valence-electron chi connectivity index (χ4n) is 1.98. The summed E-state index contributed by atoms with van der Waals surface area (Å²) in [6, 6.07) is 0. The molecule has 1 N–H and O–H groups in total. The molecule has 2 atom stereocenters. The Balaban J connectivity index is 3.91. The Hall–Kier alpha value is -0.890. The number of aliphatic hydroxyl groups is 1. The monoisotopic (exact) mass is 266 g/mol. The molecule has 0 amide bonds. The van der Waals surface area contributed by atoms with Crippen molar-refractivity contribution in [3.8, 4) is 0 Å². The van der Waals surface area contributed by atoms with Crippen LogP contribution >= 0.6 is 0 Å². The number of ketones is 1. The van der Waals surface area contributed by atoms with Crippen LogP contribution in [0.5, 0.6) is 0 Å². The zero-order valence-electron chi connectivity index (χ0n) is 13.2. The van der Waals surface area contributed by atoms with Crippen molar-refractivity contribution in [1.29, 1.82) is 0 Å². The summed E-state index contributed by atoms with van der Waals surface area (Å²) in [4.78, 5) is 10.9. The second kappa shape index (κ2) is 9.08. The highest BCUT2D eigenvalue weighted by molar-refractivity contribution is 5.88. The average Bonchev–Trinajstić information content (AvgIpc) is 2.27. The van der Waals surface area contributed by atoms with Crippen LogP contribution in [0.25, 0.3) is 0 Å². The lowest BCUT2D eigenvalue weighted by atomic mass is 9.92. The van der Waals surface area contributed by atoms with Crippen LogP contribution in [0.3, 0.4) is 0 Å². The Bertz CT molecular complexity index is 324. The molecule has 0 saturated heterocycles. The van der Waals surface area contributed by atoms with Gasteiger partial charge in [-0.2, -0.15) is 0 Å². The first-order chi connectivity index (χ1) is 8.76. The fraction of sp³-hybridized carbons (Fsp3) is 0.706. The van der Waals surface area contributed by atoms with E-state index in [-0.39, 0.29) is 5.78 Å². The average molecular weight is 266 g/mol. The van der Waals surface area contributed by atoms with Crippen LogP contribution in [0.1, 0.15) is 66.7 Å². The molecule has 0 aliphatic rings. The number of hydrogen-bond donors (Lipinski definition) is 1. The van der Waals surface area contributed by atoms with Crippen molar-refractivity contribution in [2.24, 2.45) is 5.92 Å². The summed E-state index contributed by atoms with van der Waals surface area (Å²) in [5.41, 5.74) is 0.504. The third-order valence-corrected chi connectivity index (χ3v) is 3.52. The molecule has 0 radical (unpaired) electrons. The normalized spacial score (nSPS) is 17.5. The molecular formula is C17H30O2. The minimum absolute atomic E-state index is 0.0944. The van der Waals surface area contributed by atoms with Gasteiger partial charge in [-0.1, -0.05) is 38.8 Å². The SMILES string of the molecule is CCC(C)(O)CCCC(C)CC=CC(C)=CC(C)=O. The van der Waals surface area contributed by atoms with Gasteiger partial charge in [0.1, 0.15) is 0 Å². The van der Waals surface area contributed by atoms with E-state index in [1.54, 1.807) is 13.0 Å². The van der Waals surface area contributed by atoms with E-state index >= 15 is 0 Å². The van der Waals surface area contributed by atoms with Crippen LogP contribution in [0.2, 0.25) is 0 Å². The predicted octanol–water partition coefficient (Wildman–Crippen LogP) is 4.44. The van der Waals surface area contributed by atoms with E-state index in [0.717, 1.165) is 37.7 Å². The van der Waals surface area contributed by atoms with Gasteiger partial charge in [0, 0.05) is 0 Å². The van der Waals surface area contributed by atoms with Crippen molar-refractivity contribution in [3.05, 3.63) is 23.8 Å². The molecule has 2 nitrogen and oxygen atoms in total. The van der Waals surface area contributed by atoms with Crippen LogP contribution in [-0.2, 0) is 4.79 Å². The number of rotatable bonds is 9. The van der Waals surface area contributed by atoms with Crippen LogP contribution < -0.4 is 0 Å². The lowest BCUT2D eigenvalue weighted by Crippen LogP contribution is -2.22. The van der Waals surface area contributed by atoms with Gasteiger partial charge in [-0.25, -0.2) is 0 Å². The summed E-state index contributed by atoms with van der Waals surface area (Å²) in [6.07, 6.45) is 10.7. The summed E-state index contributed by atoms with van der Waals surface area (Å²) in [5, 5.41) is 9.92. The smallest absolute Gasteiger partial charge is 0.152 e. The van der Waals surface area contributed by atoms with E-state index in [4.69, 9.17) is 0 Å². The van der Waals surface area contributed by atoms with Gasteiger partial charge < -0.3 is 5.11 Å². The molecule has 2 heteroatoms. The summed E-state index contributed by atoms with van der Waals surface area (Å²) < 4.78 is 0. The van der Waals surface area contributed by atoms with Crippen LogP contribution in [0.15, 0.2) is 23.8 Å². The second-order valence-corrected chi connectivity index (χ2v) is 5.98. The molecule has 0 aromatic carbocycles. The molecule has 0 fully saturated rings. The molecule has 0 saturated carbocycles. The second-order valence-electron chi connectivity index (χ2n) is 5.98. The van der Waals surface area contributed by atoms with Gasteiger partial charge in [-0.3, -0.25) is 4.79 Å². The number of hydrogen-bond acceptors (Lipinski definition) is 2. The first-order valence-electron chi connectivity index (χ1n) is 7.34. The van der Waals surface area contributed by atoms with Gasteiger partial charge in [0.25, 0.3) is 0 Å². The Morgan fingerprint density at radius 2 is 2.00 bits per heavy atom. The summed E-state index contributed by atoms with van der Waals surface area (Å²) >= 11 is 0. The topological polar surface area (TPSA) is 37.3 Å². The van der Waals surface area contributed by atoms with Crippen LogP contribution in [0, 0.1) is 5.92 Å². The van der Waals surface area contributed by atoms with Gasteiger partial charge in [0.15, 0.2) is 5.78 Å². The van der Waals surface area contributed by atoms with Gasteiger partial charge in [0.2, 0.25) is 0 Å². The van der Waals surface area contributed by atoms with E-state index in [0.29, 0.717) is 5.92 Å². The minimum Gasteiger partial charge on any atom is -0.390 e. The van der Waals surface area contributed by atoms with Crippen LogP contribution in [-0.4, -0.2) is 16.5 Å². The number of carbonyl (C=O) groups excluding carboxylic acids is 1. The van der Waals surface area contributed by atoms with Crippen molar-refractivity contribution >= 4 is 5.78 Å². The molecule has 0 aliphatic carbocycles. The Morgan fingerprint density at radius 3 is 2.53 bits per heavy atom. The standard InChI is InChI=1S/C17H30O2/c1-6-17(5,19)12-8-11-14(2)9-7-10-15(3)13-16(4)18/h7,10,13-14,19H,6,8-9,11-12H2,1-5H3. The van der Waals surface area contributed by atoms with Crippen molar-refractivity contribution in [2.45, 2.75) is 72.3 Å². The van der Waals surface area contributed by atoms with Gasteiger partial charge >= 0.3 is 0 Å². The molecule has 19 heavy (non-hydrogen) atoms. The number of allylic oxidation sites excluding steroid dienone is 4. The zero-order chi connectivity index (χ0) is 14.9. The van der Waals surface area contributed by atoms with Gasteiger partial charge in [-0.05, 0) is 57.6 Å². The number of carbonyl (C=O) groups is 1. The van der Waals surface area contributed by atoms with Crippen molar-refractivity contribution in [2.75, 3.05) is 0 Å². The molecule has 110 valence electrons. The van der Waals surface area contributed by atoms with E-state index in [9.17, 15) is 9.90 Å². The highest BCUT2D eigenvalue weighted by atomic mass is 16.3. The molecule has 2 unspecified atom stereocenters. The first kappa shape index (κ1) is 18.1. The molecule has 0 spiro atoms. The van der Waals surface area contributed by atoms with E-state index in [2.05, 4.69) is 13.0 Å². The van der Waals surface area contributed by atoms with Gasteiger partial charge in [-0.15, -0.1) is 0 Å². The molecule has 0 aliphatic heterocycles. The third-order valence-electron chi connectivity index (χ3n) is 3.52. The minimum atomic E-state index is -0.504. The highest BCUT2D eigenvalue weighted by Gasteiger charge is 2.16. The first-order valence-corrected chi connectivity index (χ1v) is 7.34. The Kier molecular flexibility index (Phi) is 8.66. The molecule has 0 heterocycles. The lowest BCUT2D eigenvalue weighted by molar-refractivity contribution is -0.112. The lowest BCUT2D eigenvalue weighted by Gasteiger charge is -2.21. The van der Waals surface area contributed by atoms with E-state index in [1.807, 2.05) is 26.8 Å². The largest absolute Gasteiger partial charge is 0.390 e. The quantitative estimate of drug-likeness (QED) is 0.495. The molecule has 0 aromatic rings. The Morgan fingerprint density at radius 1 is 1.37 bits per heavy atom. The van der Waals surface area contributed by atoms with E-state index in [1.165, 1.54) is 0 Å². The maximum Gasteiger partial charge on any atom is 0.152 e. The Labute approximate surface area is 118 Å². The zero-order valence-corrected chi connectivity index (χ0v) is 13.2.